The summed E-state index contributed by atoms with van der Waals surface area (Å²) >= 11 is 0. The fraction of sp³-hybridized carbons (Fsp3) is 0.211. The molecule has 0 aliphatic rings. The summed E-state index contributed by atoms with van der Waals surface area (Å²) in [6.45, 7) is 3.95. The van der Waals surface area contributed by atoms with Gasteiger partial charge in [-0.2, -0.15) is 0 Å². The Labute approximate surface area is 167 Å². The Bertz CT molecular complexity index is 1130. The summed E-state index contributed by atoms with van der Waals surface area (Å²) in [5.74, 6) is 0.273. The number of ether oxygens (including phenoxy) is 2. The maximum Gasteiger partial charge on any atom is 0.311 e. The SMILES string of the molecule is CCOc1cc(OCC)c([N+](=O)[O-])cc1-c1nccn1S(=O)(=O)c1ccccc1. The van der Waals surface area contributed by atoms with E-state index in [2.05, 4.69) is 4.98 Å². The van der Waals surface area contributed by atoms with E-state index in [1.807, 2.05) is 0 Å². The van der Waals surface area contributed by atoms with Crippen molar-refractivity contribution in [2.24, 2.45) is 0 Å². The quantitative estimate of drug-likeness (QED) is 0.407. The fourth-order valence-corrected chi connectivity index (χ4v) is 4.11. The van der Waals surface area contributed by atoms with Gasteiger partial charge in [0.25, 0.3) is 10.0 Å². The lowest BCUT2D eigenvalue weighted by atomic mass is 10.1. The molecule has 0 unspecified atom stereocenters. The Balaban J connectivity index is 2.23. The molecule has 29 heavy (non-hydrogen) atoms. The molecular formula is C19H19N3O6S. The third-order valence-electron chi connectivity index (χ3n) is 4.01. The number of aromatic nitrogens is 2. The number of imidazole rings is 1. The van der Waals surface area contributed by atoms with Crippen molar-refractivity contribution in [1.82, 2.24) is 8.96 Å². The highest BCUT2D eigenvalue weighted by atomic mass is 32.2. The zero-order valence-corrected chi connectivity index (χ0v) is 16.6. The van der Waals surface area contributed by atoms with Crippen LogP contribution in [0.1, 0.15) is 13.8 Å². The molecule has 0 amide bonds. The standard InChI is InChI=1S/C19H19N3O6S/c1-3-27-17-13-18(28-4-2)16(22(23)24)12-15(17)19-20-10-11-21(19)29(25,26)14-8-6-5-7-9-14/h5-13H,3-4H2,1-2H3. The summed E-state index contributed by atoms with van der Waals surface area (Å²) in [4.78, 5) is 15.1. The number of benzene rings is 2. The molecule has 0 atom stereocenters. The van der Waals surface area contributed by atoms with Gasteiger partial charge in [0, 0.05) is 24.5 Å². The van der Waals surface area contributed by atoms with Gasteiger partial charge in [0.2, 0.25) is 5.75 Å². The summed E-state index contributed by atoms with van der Waals surface area (Å²) in [6, 6.07) is 10.4. The fourth-order valence-electron chi connectivity index (χ4n) is 2.79. The van der Waals surface area contributed by atoms with E-state index in [9.17, 15) is 18.5 Å². The van der Waals surface area contributed by atoms with E-state index in [0.717, 1.165) is 3.97 Å². The van der Waals surface area contributed by atoms with Gasteiger partial charge in [-0.15, -0.1) is 0 Å². The molecule has 0 saturated heterocycles. The smallest absolute Gasteiger partial charge is 0.311 e. The molecule has 0 N–H and O–H groups in total. The van der Waals surface area contributed by atoms with Crippen LogP contribution in [-0.2, 0) is 10.0 Å². The van der Waals surface area contributed by atoms with Crippen molar-refractivity contribution >= 4 is 15.7 Å². The van der Waals surface area contributed by atoms with Crippen molar-refractivity contribution in [3.05, 3.63) is 65.0 Å². The molecule has 0 spiro atoms. The third kappa shape index (κ3) is 3.92. The Morgan fingerprint density at radius 2 is 1.72 bits per heavy atom. The topological polar surface area (TPSA) is 114 Å². The van der Waals surface area contributed by atoms with Crippen molar-refractivity contribution in [3.63, 3.8) is 0 Å². The lowest BCUT2D eigenvalue weighted by molar-refractivity contribution is -0.385. The number of nitro groups is 1. The zero-order valence-electron chi connectivity index (χ0n) is 15.8. The van der Waals surface area contributed by atoms with E-state index in [1.165, 1.54) is 36.7 Å². The Hall–Kier alpha value is -3.40. The Morgan fingerprint density at radius 1 is 1.07 bits per heavy atom. The minimum absolute atomic E-state index is 0.00320. The van der Waals surface area contributed by atoms with Gasteiger partial charge in [-0.05, 0) is 26.0 Å². The van der Waals surface area contributed by atoms with E-state index in [1.54, 1.807) is 32.0 Å². The zero-order chi connectivity index (χ0) is 21.0. The number of nitrogens with zero attached hydrogens (tertiary/aromatic N) is 3. The molecule has 10 heteroatoms. The predicted octanol–water partition coefficient (Wildman–Crippen LogP) is 3.49. The largest absolute Gasteiger partial charge is 0.493 e. The van der Waals surface area contributed by atoms with Gasteiger partial charge in [0.05, 0.1) is 28.6 Å². The Morgan fingerprint density at radius 3 is 2.34 bits per heavy atom. The van der Waals surface area contributed by atoms with E-state index < -0.39 is 14.9 Å². The van der Waals surface area contributed by atoms with Crippen LogP contribution in [0, 0.1) is 10.1 Å². The molecule has 9 nitrogen and oxygen atoms in total. The van der Waals surface area contributed by atoms with Gasteiger partial charge in [0.1, 0.15) is 5.75 Å². The molecule has 0 aliphatic carbocycles. The summed E-state index contributed by atoms with van der Waals surface area (Å²) in [5, 5.41) is 11.5. The predicted molar refractivity (Wildman–Crippen MR) is 106 cm³/mol. The van der Waals surface area contributed by atoms with Crippen LogP contribution >= 0.6 is 0 Å². The summed E-state index contributed by atoms with van der Waals surface area (Å²) in [7, 11) is -3.96. The van der Waals surface area contributed by atoms with Crippen molar-refractivity contribution < 1.29 is 22.8 Å². The van der Waals surface area contributed by atoms with E-state index >= 15 is 0 Å². The second-order valence-electron chi connectivity index (χ2n) is 5.80. The van der Waals surface area contributed by atoms with Gasteiger partial charge < -0.3 is 9.47 Å². The molecule has 0 aliphatic heterocycles. The first-order valence-corrected chi connectivity index (χ1v) is 10.3. The second kappa shape index (κ2) is 8.31. The van der Waals surface area contributed by atoms with Crippen LogP contribution in [0.3, 0.4) is 0 Å². The first-order valence-electron chi connectivity index (χ1n) is 8.82. The minimum atomic E-state index is -3.96. The molecule has 3 rings (SSSR count). The van der Waals surface area contributed by atoms with Crippen molar-refractivity contribution in [1.29, 1.82) is 0 Å². The molecule has 1 heterocycles. The van der Waals surface area contributed by atoms with Crippen LogP contribution < -0.4 is 9.47 Å². The van der Waals surface area contributed by atoms with E-state index in [4.69, 9.17) is 9.47 Å². The first kappa shape index (κ1) is 20.3. The molecule has 152 valence electrons. The third-order valence-corrected chi connectivity index (χ3v) is 5.69. The van der Waals surface area contributed by atoms with Crippen molar-refractivity contribution in [2.75, 3.05) is 13.2 Å². The Kier molecular flexibility index (Phi) is 5.83. The molecule has 0 bridgehead atoms. The first-order chi connectivity index (χ1) is 13.9. The molecule has 0 fully saturated rings. The molecule has 1 aromatic heterocycles. The highest BCUT2D eigenvalue weighted by molar-refractivity contribution is 7.90. The van der Waals surface area contributed by atoms with Crippen molar-refractivity contribution in [2.45, 2.75) is 18.7 Å². The molecule has 0 saturated carbocycles. The summed E-state index contributed by atoms with van der Waals surface area (Å²) < 4.78 is 38.1. The monoisotopic (exact) mass is 417 g/mol. The number of hydrogen-bond donors (Lipinski definition) is 0. The van der Waals surface area contributed by atoms with Crippen LogP contribution in [0.15, 0.2) is 59.8 Å². The van der Waals surface area contributed by atoms with Gasteiger partial charge in [-0.3, -0.25) is 10.1 Å². The maximum absolute atomic E-state index is 13.1. The maximum atomic E-state index is 13.1. The van der Waals surface area contributed by atoms with E-state index in [0.29, 0.717) is 0 Å². The lowest BCUT2D eigenvalue weighted by Gasteiger charge is -2.14. The number of hydrogen-bond acceptors (Lipinski definition) is 7. The van der Waals surface area contributed by atoms with Crippen LogP contribution in [0.2, 0.25) is 0 Å². The number of rotatable bonds is 8. The molecule has 2 aromatic carbocycles. The second-order valence-corrected chi connectivity index (χ2v) is 7.62. The summed E-state index contributed by atoms with van der Waals surface area (Å²) in [5.41, 5.74) is -0.136. The highest BCUT2D eigenvalue weighted by Crippen LogP contribution is 2.40. The van der Waals surface area contributed by atoms with Gasteiger partial charge >= 0.3 is 5.69 Å². The van der Waals surface area contributed by atoms with Crippen molar-refractivity contribution in [3.8, 4) is 22.9 Å². The average Bonchev–Trinajstić information content (AvgIpc) is 3.19. The normalized spacial score (nSPS) is 11.2. The van der Waals surface area contributed by atoms with Crippen LogP contribution in [0.4, 0.5) is 5.69 Å². The van der Waals surface area contributed by atoms with Crippen LogP contribution in [0.5, 0.6) is 11.5 Å². The van der Waals surface area contributed by atoms with Gasteiger partial charge in [0.15, 0.2) is 5.82 Å². The lowest BCUT2D eigenvalue weighted by Crippen LogP contribution is -2.14. The van der Waals surface area contributed by atoms with Gasteiger partial charge in [-0.1, -0.05) is 18.2 Å². The molecule has 0 radical (unpaired) electrons. The van der Waals surface area contributed by atoms with Crippen LogP contribution in [-0.4, -0.2) is 35.5 Å². The highest BCUT2D eigenvalue weighted by Gasteiger charge is 2.27. The van der Waals surface area contributed by atoms with Gasteiger partial charge in [-0.25, -0.2) is 17.4 Å². The average molecular weight is 417 g/mol. The molecular weight excluding hydrogens is 398 g/mol. The van der Waals surface area contributed by atoms with Crippen LogP contribution in [0.25, 0.3) is 11.4 Å². The summed E-state index contributed by atoms with van der Waals surface area (Å²) in [6.07, 6.45) is 2.60. The molecule has 3 aromatic rings. The minimum Gasteiger partial charge on any atom is -0.493 e. The number of nitro benzene ring substituents is 1. The van der Waals surface area contributed by atoms with E-state index in [-0.39, 0.29) is 46.7 Å².